The first kappa shape index (κ1) is 20.2. The highest BCUT2D eigenvalue weighted by Gasteiger charge is 2.42. The van der Waals surface area contributed by atoms with Gasteiger partial charge in [0.2, 0.25) is 0 Å². The van der Waals surface area contributed by atoms with Gasteiger partial charge in [0.15, 0.2) is 0 Å². The molecule has 0 unspecified atom stereocenters. The second-order valence-corrected chi connectivity index (χ2v) is 7.48. The Morgan fingerprint density at radius 1 is 1.03 bits per heavy atom. The fourth-order valence-corrected chi connectivity index (χ4v) is 3.02. The number of aromatic nitrogens is 1. The predicted molar refractivity (Wildman–Crippen MR) is 105 cm³/mol. The van der Waals surface area contributed by atoms with Gasteiger partial charge in [-0.2, -0.15) is 0 Å². The summed E-state index contributed by atoms with van der Waals surface area (Å²) in [5.41, 5.74) is 0.235. The number of carbonyl (C=O) groups is 4. The molecule has 0 fully saturated rings. The lowest BCUT2D eigenvalue weighted by atomic mass is 10.1. The molecular formula is C21H21N3O5. The van der Waals surface area contributed by atoms with Crippen LogP contribution >= 0.6 is 0 Å². The normalized spacial score (nSPS) is 13.3. The molecule has 0 atom stereocenters. The van der Waals surface area contributed by atoms with Gasteiger partial charge >= 0.3 is 5.97 Å². The monoisotopic (exact) mass is 395 g/mol. The van der Waals surface area contributed by atoms with Crippen LogP contribution in [-0.2, 0) is 4.74 Å². The Morgan fingerprint density at radius 2 is 1.72 bits per heavy atom. The van der Waals surface area contributed by atoms with Crippen molar-refractivity contribution < 1.29 is 23.9 Å². The van der Waals surface area contributed by atoms with Crippen molar-refractivity contribution in [3.63, 3.8) is 0 Å². The van der Waals surface area contributed by atoms with Gasteiger partial charge in [-0.25, -0.2) is 9.78 Å². The minimum absolute atomic E-state index is 0.166. The van der Waals surface area contributed by atoms with E-state index in [0.717, 1.165) is 0 Å². The molecule has 0 saturated carbocycles. The third kappa shape index (κ3) is 3.87. The fourth-order valence-electron chi connectivity index (χ4n) is 3.02. The number of fused-ring (bicyclic) bond motifs is 1. The molecule has 8 nitrogen and oxygen atoms in total. The smallest absolute Gasteiger partial charge is 0.338 e. The topological polar surface area (TPSA) is 106 Å². The van der Waals surface area contributed by atoms with Crippen LogP contribution in [0.4, 0.5) is 5.82 Å². The molecule has 0 radical (unpaired) electrons. The van der Waals surface area contributed by atoms with Crippen LogP contribution in [0.5, 0.6) is 0 Å². The molecule has 1 aromatic heterocycles. The summed E-state index contributed by atoms with van der Waals surface area (Å²) in [6, 6.07) is 7.22. The molecule has 150 valence electrons. The van der Waals surface area contributed by atoms with Gasteiger partial charge in [-0.15, -0.1) is 0 Å². The lowest BCUT2D eigenvalue weighted by Crippen LogP contribution is -2.45. The zero-order valence-corrected chi connectivity index (χ0v) is 16.6. The fraction of sp³-hybridized carbons (Fsp3) is 0.286. The molecule has 29 heavy (non-hydrogen) atoms. The maximum atomic E-state index is 12.7. The first-order valence-corrected chi connectivity index (χ1v) is 9.11. The van der Waals surface area contributed by atoms with E-state index < -0.39 is 23.3 Å². The van der Waals surface area contributed by atoms with Gasteiger partial charge in [-0.3, -0.25) is 19.3 Å². The zero-order chi connectivity index (χ0) is 21.3. The quantitative estimate of drug-likeness (QED) is 0.630. The molecule has 1 aromatic carbocycles. The van der Waals surface area contributed by atoms with Crippen LogP contribution in [-0.4, -0.2) is 45.7 Å². The van der Waals surface area contributed by atoms with Crippen LogP contribution in [0.2, 0.25) is 0 Å². The van der Waals surface area contributed by atoms with Crippen molar-refractivity contribution in [1.82, 2.24) is 9.88 Å². The number of hydrogen-bond donors (Lipinski definition) is 1. The second kappa shape index (κ2) is 7.46. The van der Waals surface area contributed by atoms with E-state index in [1.165, 1.54) is 41.4 Å². The number of nitrogens with zero attached hydrogens (tertiary/aromatic N) is 2. The number of esters is 1. The highest BCUT2D eigenvalue weighted by atomic mass is 16.5. The molecule has 8 heteroatoms. The van der Waals surface area contributed by atoms with E-state index in [0.29, 0.717) is 0 Å². The van der Waals surface area contributed by atoms with E-state index in [1.54, 1.807) is 27.7 Å². The molecule has 0 bridgehead atoms. The summed E-state index contributed by atoms with van der Waals surface area (Å²) >= 11 is 0. The molecule has 0 aliphatic carbocycles. The number of amides is 3. The first-order valence-electron chi connectivity index (χ1n) is 9.11. The van der Waals surface area contributed by atoms with Crippen molar-refractivity contribution in [2.75, 3.05) is 11.9 Å². The number of carbonyl (C=O) groups excluding carboxylic acids is 4. The number of pyridine rings is 1. The minimum Gasteiger partial charge on any atom is -0.462 e. The number of benzene rings is 1. The van der Waals surface area contributed by atoms with E-state index >= 15 is 0 Å². The lowest BCUT2D eigenvalue weighted by molar-refractivity contribution is 0.0501. The summed E-state index contributed by atoms with van der Waals surface area (Å²) in [6.07, 6.45) is 1.38. The van der Waals surface area contributed by atoms with Crippen molar-refractivity contribution in [1.29, 1.82) is 0 Å². The van der Waals surface area contributed by atoms with Gasteiger partial charge < -0.3 is 10.1 Å². The number of hydrogen-bond acceptors (Lipinski definition) is 6. The van der Waals surface area contributed by atoms with E-state index in [4.69, 9.17) is 4.74 Å². The van der Waals surface area contributed by atoms with E-state index in [9.17, 15) is 19.2 Å². The maximum absolute atomic E-state index is 12.7. The standard InChI is InChI=1S/C21H21N3O5/c1-5-29-20(28)13-8-9-22-16(11-13)23-17(25)12-6-7-14-15(10-12)19(27)24(18(14)26)21(2,3)4/h6-11H,5H2,1-4H3,(H,22,23,25). The predicted octanol–water partition coefficient (Wildman–Crippen LogP) is 2.91. The van der Waals surface area contributed by atoms with E-state index in [-0.39, 0.29) is 40.6 Å². The molecule has 2 aromatic rings. The van der Waals surface area contributed by atoms with Gasteiger partial charge in [-0.1, -0.05) is 0 Å². The number of imide groups is 1. The Hall–Kier alpha value is -3.55. The average Bonchev–Trinajstić information content (AvgIpc) is 2.92. The number of ether oxygens (including phenoxy) is 1. The van der Waals surface area contributed by atoms with Gasteiger partial charge in [-0.05, 0) is 58.0 Å². The highest BCUT2D eigenvalue weighted by Crippen LogP contribution is 2.30. The molecule has 3 rings (SSSR count). The second-order valence-electron chi connectivity index (χ2n) is 7.48. The summed E-state index contributed by atoms with van der Waals surface area (Å²) in [6.45, 7) is 7.23. The Kier molecular flexibility index (Phi) is 5.19. The molecule has 1 aliphatic heterocycles. The van der Waals surface area contributed by atoms with Crippen molar-refractivity contribution in [3.05, 3.63) is 58.8 Å². The lowest BCUT2D eigenvalue weighted by Gasteiger charge is -2.29. The molecule has 1 N–H and O–H groups in total. The van der Waals surface area contributed by atoms with Crippen LogP contribution in [0.25, 0.3) is 0 Å². The minimum atomic E-state index is -0.674. The Bertz CT molecular complexity index is 1020. The van der Waals surface area contributed by atoms with Crippen molar-refractivity contribution in [3.8, 4) is 0 Å². The van der Waals surface area contributed by atoms with Gasteiger partial charge in [0, 0.05) is 17.3 Å². The van der Waals surface area contributed by atoms with Crippen molar-refractivity contribution in [2.45, 2.75) is 33.2 Å². The number of anilines is 1. The third-order valence-corrected chi connectivity index (χ3v) is 4.33. The average molecular weight is 395 g/mol. The Balaban J connectivity index is 1.84. The summed E-state index contributed by atoms with van der Waals surface area (Å²) in [7, 11) is 0. The van der Waals surface area contributed by atoms with Crippen molar-refractivity contribution in [2.24, 2.45) is 0 Å². The molecule has 2 heterocycles. The van der Waals surface area contributed by atoms with Gasteiger partial charge in [0.25, 0.3) is 17.7 Å². The molecular weight excluding hydrogens is 374 g/mol. The summed E-state index contributed by atoms with van der Waals surface area (Å²) in [5.74, 6) is -1.69. The summed E-state index contributed by atoms with van der Waals surface area (Å²) in [4.78, 5) is 54.8. The molecule has 1 aliphatic rings. The largest absolute Gasteiger partial charge is 0.462 e. The van der Waals surface area contributed by atoms with E-state index in [1.807, 2.05) is 0 Å². The third-order valence-electron chi connectivity index (χ3n) is 4.33. The van der Waals surface area contributed by atoms with Crippen LogP contribution in [0, 0.1) is 0 Å². The van der Waals surface area contributed by atoms with Crippen molar-refractivity contribution >= 4 is 29.5 Å². The highest BCUT2D eigenvalue weighted by molar-refractivity contribution is 6.22. The summed E-state index contributed by atoms with van der Waals surface area (Å²) < 4.78 is 4.93. The van der Waals surface area contributed by atoms with Crippen LogP contribution in [0.3, 0.4) is 0 Å². The maximum Gasteiger partial charge on any atom is 0.338 e. The number of rotatable bonds is 4. The zero-order valence-electron chi connectivity index (χ0n) is 16.6. The molecule has 0 spiro atoms. The molecule has 0 saturated heterocycles. The van der Waals surface area contributed by atoms with E-state index in [2.05, 4.69) is 10.3 Å². The van der Waals surface area contributed by atoms with Gasteiger partial charge in [0.1, 0.15) is 5.82 Å². The van der Waals surface area contributed by atoms with Crippen LogP contribution in [0.1, 0.15) is 69.1 Å². The first-order chi connectivity index (χ1) is 13.6. The number of nitrogens with one attached hydrogen (secondary N) is 1. The Labute approximate surface area is 167 Å². The van der Waals surface area contributed by atoms with Gasteiger partial charge in [0.05, 0.1) is 23.3 Å². The summed E-state index contributed by atoms with van der Waals surface area (Å²) in [5, 5.41) is 2.59. The Morgan fingerprint density at radius 3 is 2.38 bits per heavy atom. The molecule has 3 amide bonds. The SMILES string of the molecule is CCOC(=O)c1ccnc(NC(=O)c2ccc3c(c2)C(=O)N(C(C)(C)C)C3=O)c1. The van der Waals surface area contributed by atoms with Crippen LogP contribution < -0.4 is 5.32 Å². The van der Waals surface area contributed by atoms with Crippen LogP contribution in [0.15, 0.2) is 36.5 Å².